The third-order valence-corrected chi connectivity index (χ3v) is 6.44. The summed E-state index contributed by atoms with van der Waals surface area (Å²) in [5.74, 6) is -1.32. The zero-order valence-electron chi connectivity index (χ0n) is 21.9. The van der Waals surface area contributed by atoms with Gasteiger partial charge in [0, 0.05) is 18.5 Å². The van der Waals surface area contributed by atoms with Gasteiger partial charge >= 0.3 is 6.18 Å². The minimum Gasteiger partial charge on any atom is -0.492 e. The van der Waals surface area contributed by atoms with E-state index < -0.39 is 12.0 Å². The number of ketones is 1. The van der Waals surface area contributed by atoms with E-state index in [0.29, 0.717) is 24.3 Å². The lowest BCUT2D eigenvalue weighted by Crippen LogP contribution is -2.25. The summed E-state index contributed by atoms with van der Waals surface area (Å²) in [6.45, 7) is 4.40. The van der Waals surface area contributed by atoms with E-state index in [1.54, 1.807) is 0 Å². The van der Waals surface area contributed by atoms with Crippen LogP contribution in [0.25, 0.3) is 0 Å². The first-order chi connectivity index (χ1) is 17.3. The maximum Gasteiger partial charge on any atom is 0.454 e. The van der Waals surface area contributed by atoms with Crippen LogP contribution in [0.15, 0.2) is 48.5 Å². The van der Waals surface area contributed by atoms with E-state index in [-0.39, 0.29) is 5.56 Å². The fraction of sp³-hybridized carbons (Fsp3) is 0.567. The molecule has 0 saturated heterocycles. The van der Waals surface area contributed by atoms with Crippen molar-refractivity contribution in [3.05, 3.63) is 65.2 Å². The lowest BCUT2D eigenvalue weighted by atomic mass is 10.00. The van der Waals surface area contributed by atoms with Gasteiger partial charge in [0.1, 0.15) is 12.4 Å². The Bertz CT molecular complexity index is 884. The normalized spacial score (nSPS) is 11.7. The van der Waals surface area contributed by atoms with Crippen molar-refractivity contribution in [2.45, 2.75) is 83.7 Å². The van der Waals surface area contributed by atoms with Crippen LogP contribution in [0.5, 0.6) is 5.75 Å². The van der Waals surface area contributed by atoms with Crippen molar-refractivity contribution in [1.29, 1.82) is 0 Å². The molecule has 0 aliphatic carbocycles. The Balaban J connectivity index is 1.78. The van der Waals surface area contributed by atoms with Gasteiger partial charge in [-0.3, -0.25) is 4.79 Å². The number of halogens is 3. The molecule has 0 heterocycles. The maximum absolute atomic E-state index is 12.9. The van der Waals surface area contributed by atoms with Crippen molar-refractivity contribution in [1.82, 2.24) is 4.90 Å². The summed E-state index contributed by atoms with van der Waals surface area (Å²) in [5, 5.41) is 0. The molecule has 0 aliphatic heterocycles. The summed E-state index contributed by atoms with van der Waals surface area (Å²) in [7, 11) is 2.06. The molecular formula is C30H42F3NO2. The van der Waals surface area contributed by atoms with Gasteiger partial charge in [-0.1, -0.05) is 95.0 Å². The molecule has 0 radical (unpaired) electrons. The number of likely N-dealkylation sites (N-methyl/N-ethyl adjacent to an activating group) is 1. The second kappa shape index (κ2) is 16.4. The molecule has 2 aromatic carbocycles. The van der Waals surface area contributed by atoms with E-state index >= 15 is 0 Å². The number of hydrogen-bond donors (Lipinski definition) is 0. The van der Waals surface area contributed by atoms with Gasteiger partial charge in [-0.2, -0.15) is 13.2 Å². The highest BCUT2D eigenvalue weighted by molar-refractivity contribution is 6.00. The van der Waals surface area contributed by atoms with Gasteiger partial charge in [-0.05, 0) is 49.3 Å². The number of benzene rings is 2. The smallest absolute Gasteiger partial charge is 0.454 e. The van der Waals surface area contributed by atoms with Crippen molar-refractivity contribution in [2.75, 3.05) is 26.7 Å². The summed E-state index contributed by atoms with van der Waals surface area (Å²) in [4.78, 5) is 14.0. The number of nitrogens with zero attached hydrogens (tertiary/aromatic N) is 1. The number of ether oxygens (including phenoxy) is 1. The Labute approximate surface area is 215 Å². The molecule has 6 heteroatoms. The molecule has 0 saturated carbocycles. The van der Waals surface area contributed by atoms with Crippen LogP contribution in [-0.4, -0.2) is 43.6 Å². The lowest BCUT2D eigenvalue weighted by molar-refractivity contribution is -0.0885. The van der Waals surface area contributed by atoms with Gasteiger partial charge in [0.15, 0.2) is 0 Å². The fourth-order valence-electron chi connectivity index (χ4n) is 4.27. The molecular weight excluding hydrogens is 463 g/mol. The number of carbonyl (C=O) groups excluding carboxylic acids is 1. The summed E-state index contributed by atoms with van der Waals surface area (Å²) in [6, 6.07) is 13.4. The molecule has 0 N–H and O–H groups in total. The van der Waals surface area contributed by atoms with Crippen LogP contribution in [0.3, 0.4) is 0 Å². The van der Waals surface area contributed by atoms with Crippen LogP contribution in [0.2, 0.25) is 0 Å². The zero-order chi connectivity index (χ0) is 26.2. The van der Waals surface area contributed by atoms with Gasteiger partial charge in [-0.25, -0.2) is 0 Å². The molecule has 0 unspecified atom stereocenters. The molecule has 0 amide bonds. The number of unbranched alkanes of at least 4 members (excludes halogenated alkanes) is 9. The van der Waals surface area contributed by atoms with E-state index in [0.717, 1.165) is 25.1 Å². The number of carbonyl (C=O) groups is 1. The molecule has 0 aromatic heterocycles. The van der Waals surface area contributed by atoms with E-state index in [2.05, 4.69) is 18.9 Å². The fourth-order valence-corrected chi connectivity index (χ4v) is 4.27. The quantitative estimate of drug-likeness (QED) is 0.151. The Kier molecular flexibility index (Phi) is 13.6. The highest BCUT2D eigenvalue weighted by atomic mass is 19.4. The van der Waals surface area contributed by atoms with Crippen LogP contribution in [-0.2, 0) is 6.42 Å². The van der Waals surface area contributed by atoms with Crippen LogP contribution in [0, 0.1) is 0 Å². The van der Waals surface area contributed by atoms with Crippen molar-refractivity contribution in [3.63, 3.8) is 0 Å². The van der Waals surface area contributed by atoms with E-state index in [4.69, 9.17) is 4.74 Å². The topological polar surface area (TPSA) is 29.5 Å². The minimum absolute atomic E-state index is 0.362. The standard InChI is InChI=1S/C30H42F3NO2/c1-3-4-5-6-7-8-9-10-11-15-20-34(2)21-22-36-28-19-18-26(29(35)30(31,32)33)24-27(28)23-25-16-13-12-14-17-25/h12-14,16-19,24H,3-11,15,20-23H2,1-2H3. The molecule has 0 spiro atoms. The first kappa shape index (κ1) is 29.9. The summed E-state index contributed by atoms with van der Waals surface area (Å²) in [6.07, 6.45) is 8.55. The van der Waals surface area contributed by atoms with Crippen molar-refractivity contribution in [2.24, 2.45) is 0 Å². The van der Waals surface area contributed by atoms with Crippen molar-refractivity contribution >= 4 is 5.78 Å². The summed E-state index contributed by atoms with van der Waals surface area (Å²) < 4.78 is 44.8. The van der Waals surface area contributed by atoms with Crippen molar-refractivity contribution in [3.8, 4) is 5.75 Å². The third-order valence-electron chi connectivity index (χ3n) is 6.44. The summed E-state index contributed by atoms with van der Waals surface area (Å²) in [5.41, 5.74) is 1.16. The zero-order valence-corrected chi connectivity index (χ0v) is 21.9. The van der Waals surface area contributed by atoms with E-state index in [1.807, 2.05) is 30.3 Å². The first-order valence-corrected chi connectivity index (χ1v) is 13.4. The predicted molar refractivity (Wildman–Crippen MR) is 141 cm³/mol. The molecule has 2 rings (SSSR count). The summed E-state index contributed by atoms with van der Waals surface area (Å²) >= 11 is 0. The average molecular weight is 506 g/mol. The Hall–Kier alpha value is -2.34. The highest BCUT2D eigenvalue weighted by Crippen LogP contribution is 2.28. The molecule has 0 aliphatic rings. The largest absolute Gasteiger partial charge is 0.492 e. The number of hydrogen-bond acceptors (Lipinski definition) is 3. The molecule has 36 heavy (non-hydrogen) atoms. The Morgan fingerprint density at radius 1 is 0.833 bits per heavy atom. The maximum atomic E-state index is 12.9. The highest BCUT2D eigenvalue weighted by Gasteiger charge is 2.39. The van der Waals surface area contributed by atoms with Crippen LogP contribution < -0.4 is 4.74 Å². The number of Topliss-reactive ketones (excluding diaryl/α,β-unsaturated/α-hetero) is 1. The van der Waals surface area contributed by atoms with Gasteiger partial charge in [-0.15, -0.1) is 0 Å². The molecule has 0 bridgehead atoms. The second-order valence-electron chi connectivity index (χ2n) is 9.65. The van der Waals surface area contributed by atoms with Crippen molar-refractivity contribution < 1.29 is 22.7 Å². The Morgan fingerprint density at radius 3 is 2.06 bits per heavy atom. The van der Waals surface area contributed by atoms with Gasteiger partial charge in [0.25, 0.3) is 5.78 Å². The molecule has 0 atom stereocenters. The molecule has 2 aromatic rings. The second-order valence-corrected chi connectivity index (χ2v) is 9.65. The van der Waals surface area contributed by atoms with Crippen LogP contribution in [0.4, 0.5) is 13.2 Å². The van der Waals surface area contributed by atoms with Crippen LogP contribution >= 0.6 is 0 Å². The number of rotatable bonds is 18. The van der Waals surface area contributed by atoms with Gasteiger partial charge in [0.05, 0.1) is 0 Å². The third kappa shape index (κ3) is 11.6. The van der Waals surface area contributed by atoms with Gasteiger partial charge < -0.3 is 9.64 Å². The van der Waals surface area contributed by atoms with Crippen LogP contribution in [0.1, 0.15) is 92.6 Å². The minimum atomic E-state index is -4.90. The monoisotopic (exact) mass is 505 g/mol. The predicted octanol–water partition coefficient (Wildman–Crippen LogP) is 8.25. The lowest BCUT2D eigenvalue weighted by Gasteiger charge is -2.18. The van der Waals surface area contributed by atoms with E-state index in [9.17, 15) is 18.0 Å². The Morgan fingerprint density at radius 2 is 1.44 bits per heavy atom. The van der Waals surface area contributed by atoms with E-state index in [1.165, 1.54) is 76.0 Å². The molecule has 3 nitrogen and oxygen atoms in total. The molecule has 0 fully saturated rings. The number of alkyl halides is 3. The molecule has 200 valence electrons. The SMILES string of the molecule is CCCCCCCCCCCCN(C)CCOc1ccc(C(=O)C(F)(F)F)cc1Cc1ccccc1. The average Bonchev–Trinajstić information content (AvgIpc) is 2.85. The van der Waals surface area contributed by atoms with Gasteiger partial charge in [0.2, 0.25) is 0 Å². The first-order valence-electron chi connectivity index (χ1n) is 13.4.